The quantitative estimate of drug-likeness (QED) is 0.317. The molecule has 0 bridgehead atoms. The Morgan fingerprint density at radius 3 is 2.35 bits per heavy atom. The number of aromatic hydroxyl groups is 1. The Morgan fingerprint density at radius 1 is 1.00 bits per heavy atom. The summed E-state index contributed by atoms with van der Waals surface area (Å²) >= 11 is 0.870. The molecule has 1 amide bonds. The zero-order chi connectivity index (χ0) is 22.1. The van der Waals surface area contributed by atoms with E-state index in [4.69, 9.17) is 5.11 Å². The van der Waals surface area contributed by atoms with E-state index >= 15 is 0 Å². The van der Waals surface area contributed by atoms with Crippen LogP contribution in [0.15, 0.2) is 65.8 Å². The van der Waals surface area contributed by atoms with Gasteiger partial charge in [-0.2, -0.15) is 5.10 Å². The number of aryl methyl sites for hydroxylation is 1. The second-order valence-electron chi connectivity index (χ2n) is 6.99. The first-order valence-corrected chi connectivity index (χ1v) is 10.3. The molecule has 0 radical (unpaired) electrons. The Labute approximate surface area is 181 Å². The van der Waals surface area contributed by atoms with Crippen molar-refractivity contribution < 1.29 is 19.8 Å². The maximum atomic E-state index is 12.4. The number of rotatable bonds is 5. The lowest BCUT2D eigenvalue weighted by molar-refractivity contribution is 0.0702. The summed E-state index contributed by atoms with van der Waals surface area (Å²) in [6.07, 6.45) is 0. The standard InChI is InChI=1S/C23H19N3O4S/c1-13-7-9-15(10-8-13)26-17-6-4-3-5-16(17)20(22(26)28)14(2)24-25-21(27)18-11-12-19(31-18)23(29)30/h3-12,28H,1-2H3,(H,25,27)(H,29,30)/b24-14+. The fraction of sp³-hybridized carbons (Fsp3) is 0.0870. The molecular formula is C23H19N3O4S. The number of fused-ring (bicyclic) bond motifs is 1. The highest BCUT2D eigenvalue weighted by atomic mass is 32.1. The predicted octanol–water partition coefficient (Wildman–Crippen LogP) is 4.56. The largest absolute Gasteiger partial charge is 0.494 e. The number of carbonyl (C=O) groups is 2. The van der Waals surface area contributed by atoms with Crippen molar-refractivity contribution in [2.45, 2.75) is 13.8 Å². The van der Waals surface area contributed by atoms with Gasteiger partial charge in [0.05, 0.1) is 21.7 Å². The fourth-order valence-corrected chi connectivity index (χ4v) is 4.09. The van der Waals surface area contributed by atoms with Crippen molar-refractivity contribution in [1.82, 2.24) is 9.99 Å². The number of benzene rings is 2. The third kappa shape index (κ3) is 3.80. The molecule has 0 saturated heterocycles. The number of aromatic carboxylic acids is 1. The average molecular weight is 433 g/mol. The van der Waals surface area contributed by atoms with Gasteiger partial charge in [0, 0.05) is 11.1 Å². The van der Waals surface area contributed by atoms with Crippen LogP contribution in [-0.4, -0.2) is 32.4 Å². The van der Waals surface area contributed by atoms with E-state index in [0.29, 0.717) is 11.3 Å². The Morgan fingerprint density at radius 2 is 1.68 bits per heavy atom. The summed E-state index contributed by atoms with van der Waals surface area (Å²) in [5.41, 5.74) is 6.10. The lowest BCUT2D eigenvalue weighted by Crippen LogP contribution is -2.18. The summed E-state index contributed by atoms with van der Waals surface area (Å²) in [5.74, 6) is -1.58. The number of carboxylic acid groups (broad SMARTS) is 1. The molecule has 156 valence electrons. The fourth-order valence-electron chi connectivity index (χ4n) is 3.36. The number of carbonyl (C=O) groups excluding carboxylic acids is 1. The number of hydrogen-bond acceptors (Lipinski definition) is 5. The number of hydrogen-bond donors (Lipinski definition) is 3. The van der Waals surface area contributed by atoms with Crippen LogP contribution >= 0.6 is 11.3 Å². The van der Waals surface area contributed by atoms with Crippen molar-refractivity contribution in [2.24, 2.45) is 5.10 Å². The SMILES string of the molecule is C/C(=N\NC(=O)c1ccc(C(=O)O)s1)c1c(O)n(-c2ccc(C)cc2)c2ccccc12. The number of carboxylic acids is 1. The maximum Gasteiger partial charge on any atom is 0.345 e. The molecule has 4 aromatic rings. The van der Waals surface area contributed by atoms with Crippen molar-refractivity contribution in [3.8, 4) is 11.6 Å². The van der Waals surface area contributed by atoms with E-state index in [1.165, 1.54) is 12.1 Å². The van der Waals surface area contributed by atoms with E-state index < -0.39 is 11.9 Å². The number of amides is 1. The van der Waals surface area contributed by atoms with Gasteiger partial charge in [-0.1, -0.05) is 35.9 Å². The van der Waals surface area contributed by atoms with Gasteiger partial charge in [-0.05, 0) is 44.2 Å². The molecule has 0 unspecified atom stereocenters. The van der Waals surface area contributed by atoms with Gasteiger partial charge >= 0.3 is 5.97 Å². The van der Waals surface area contributed by atoms with E-state index in [9.17, 15) is 14.7 Å². The van der Waals surface area contributed by atoms with Crippen LogP contribution in [0.2, 0.25) is 0 Å². The number of nitrogens with one attached hydrogen (secondary N) is 1. The topological polar surface area (TPSA) is 104 Å². The van der Waals surface area contributed by atoms with Crippen LogP contribution in [-0.2, 0) is 0 Å². The van der Waals surface area contributed by atoms with Gasteiger partial charge < -0.3 is 10.2 Å². The van der Waals surface area contributed by atoms with E-state index in [-0.39, 0.29) is 15.6 Å². The van der Waals surface area contributed by atoms with Gasteiger partial charge in [-0.3, -0.25) is 9.36 Å². The monoisotopic (exact) mass is 433 g/mol. The summed E-state index contributed by atoms with van der Waals surface area (Å²) in [6, 6.07) is 18.2. The average Bonchev–Trinajstić information content (AvgIpc) is 3.36. The van der Waals surface area contributed by atoms with Gasteiger partial charge in [0.25, 0.3) is 5.91 Å². The molecule has 2 heterocycles. The number of para-hydroxylation sites is 1. The normalized spacial score (nSPS) is 11.6. The lowest BCUT2D eigenvalue weighted by Gasteiger charge is -2.08. The van der Waals surface area contributed by atoms with Crippen molar-refractivity contribution >= 4 is 39.8 Å². The summed E-state index contributed by atoms with van der Waals surface area (Å²) < 4.78 is 1.74. The molecule has 8 heteroatoms. The molecule has 0 fully saturated rings. The second kappa shape index (κ2) is 8.08. The van der Waals surface area contributed by atoms with E-state index in [0.717, 1.165) is 33.5 Å². The summed E-state index contributed by atoms with van der Waals surface area (Å²) in [6.45, 7) is 3.69. The van der Waals surface area contributed by atoms with Gasteiger partial charge in [-0.25, -0.2) is 10.2 Å². The molecule has 7 nitrogen and oxygen atoms in total. The van der Waals surface area contributed by atoms with Crippen molar-refractivity contribution in [3.63, 3.8) is 0 Å². The molecule has 0 aliphatic heterocycles. The molecule has 0 saturated carbocycles. The van der Waals surface area contributed by atoms with Crippen LogP contribution in [0.3, 0.4) is 0 Å². The number of nitrogens with zero attached hydrogens (tertiary/aromatic N) is 2. The number of thiophene rings is 1. The molecule has 31 heavy (non-hydrogen) atoms. The Hall–Kier alpha value is -3.91. The molecule has 0 atom stereocenters. The Bertz CT molecular complexity index is 1330. The Balaban J connectivity index is 1.71. The van der Waals surface area contributed by atoms with Crippen LogP contribution in [0, 0.1) is 6.92 Å². The molecule has 0 aliphatic rings. The van der Waals surface area contributed by atoms with E-state index in [2.05, 4.69) is 10.5 Å². The van der Waals surface area contributed by atoms with Crippen molar-refractivity contribution in [3.05, 3.63) is 81.5 Å². The van der Waals surface area contributed by atoms with Gasteiger partial charge in [0.1, 0.15) is 4.88 Å². The summed E-state index contributed by atoms with van der Waals surface area (Å²) in [5, 5.41) is 25.0. The van der Waals surface area contributed by atoms with Crippen LogP contribution in [0.1, 0.15) is 37.4 Å². The third-order valence-corrected chi connectivity index (χ3v) is 5.94. The molecule has 2 aromatic carbocycles. The first-order chi connectivity index (χ1) is 14.9. The first kappa shape index (κ1) is 20.4. The zero-order valence-electron chi connectivity index (χ0n) is 16.8. The summed E-state index contributed by atoms with van der Waals surface area (Å²) in [4.78, 5) is 23.7. The highest BCUT2D eigenvalue weighted by Crippen LogP contribution is 2.34. The van der Waals surface area contributed by atoms with E-state index in [1.807, 2.05) is 55.5 Å². The lowest BCUT2D eigenvalue weighted by atomic mass is 10.1. The molecule has 3 N–H and O–H groups in total. The highest BCUT2D eigenvalue weighted by molar-refractivity contribution is 7.15. The minimum absolute atomic E-state index is 0.0184. The molecule has 2 aromatic heterocycles. The van der Waals surface area contributed by atoms with Crippen LogP contribution in [0.25, 0.3) is 16.6 Å². The smallest absolute Gasteiger partial charge is 0.345 e. The minimum atomic E-state index is -1.09. The van der Waals surface area contributed by atoms with Crippen LogP contribution < -0.4 is 5.43 Å². The number of hydrazone groups is 1. The Kier molecular flexibility index (Phi) is 5.31. The predicted molar refractivity (Wildman–Crippen MR) is 121 cm³/mol. The highest BCUT2D eigenvalue weighted by Gasteiger charge is 2.20. The zero-order valence-corrected chi connectivity index (χ0v) is 17.6. The van der Waals surface area contributed by atoms with Crippen molar-refractivity contribution in [1.29, 1.82) is 0 Å². The number of aromatic nitrogens is 1. The van der Waals surface area contributed by atoms with Crippen molar-refractivity contribution in [2.75, 3.05) is 0 Å². The van der Waals surface area contributed by atoms with Crippen LogP contribution in [0.5, 0.6) is 5.88 Å². The van der Waals surface area contributed by atoms with Gasteiger partial charge in [-0.15, -0.1) is 11.3 Å². The van der Waals surface area contributed by atoms with E-state index in [1.54, 1.807) is 11.5 Å². The molecule has 0 spiro atoms. The van der Waals surface area contributed by atoms with Gasteiger partial charge in [0.15, 0.2) is 0 Å². The third-order valence-electron chi connectivity index (χ3n) is 4.87. The van der Waals surface area contributed by atoms with Gasteiger partial charge in [0.2, 0.25) is 5.88 Å². The maximum absolute atomic E-state index is 12.4. The summed E-state index contributed by atoms with van der Waals surface area (Å²) in [7, 11) is 0. The minimum Gasteiger partial charge on any atom is -0.494 e. The molecule has 4 rings (SSSR count). The van der Waals surface area contributed by atoms with Crippen LogP contribution in [0.4, 0.5) is 0 Å². The molecular weight excluding hydrogens is 414 g/mol. The first-order valence-electron chi connectivity index (χ1n) is 9.44. The molecule has 0 aliphatic carbocycles. The second-order valence-corrected chi connectivity index (χ2v) is 8.08.